The number of benzene rings is 4. The topological polar surface area (TPSA) is 0 Å². The first-order chi connectivity index (χ1) is 19.9. The molecule has 0 unspecified atom stereocenters. The summed E-state index contributed by atoms with van der Waals surface area (Å²) in [6, 6.07) is 35.2. The molecule has 0 fully saturated rings. The quantitative estimate of drug-likeness (QED) is 0.0936. The first-order valence-electron chi connectivity index (χ1n) is 14.1. The van der Waals surface area contributed by atoms with Gasteiger partial charge in [-0.25, -0.2) is 0 Å². The molecule has 0 nitrogen and oxygen atoms in total. The maximum Gasteiger partial charge on any atom is 4.00 e. The number of halogens is 2. The molecule has 204 valence electrons. The van der Waals surface area contributed by atoms with Gasteiger partial charge in [0.15, 0.2) is 0 Å². The van der Waals surface area contributed by atoms with Gasteiger partial charge in [-0.15, -0.1) is 89.5 Å². The molecule has 6 aromatic rings. The van der Waals surface area contributed by atoms with Crippen molar-refractivity contribution in [3.63, 3.8) is 0 Å². The van der Waals surface area contributed by atoms with Crippen LogP contribution in [0, 0.1) is 0 Å². The normalized spacial score (nSPS) is 13.9. The average molecular weight is 766 g/mol. The summed E-state index contributed by atoms with van der Waals surface area (Å²) in [5, 5.41) is 10.9. The van der Waals surface area contributed by atoms with E-state index in [2.05, 4.69) is 134 Å². The van der Waals surface area contributed by atoms with E-state index in [-0.39, 0.29) is 25.8 Å². The average Bonchev–Trinajstić information content (AvgIpc) is 3.77. The van der Waals surface area contributed by atoms with Crippen LogP contribution in [-0.4, -0.2) is 6.69 Å². The predicted molar refractivity (Wildman–Crippen MR) is 187 cm³/mol. The third-order valence-electron chi connectivity index (χ3n) is 7.55. The molecule has 0 aliphatic heterocycles. The van der Waals surface area contributed by atoms with Crippen LogP contribution in [0.4, 0.5) is 0 Å². The van der Waals surface area contributed by atoms with Crippen LogP contribution < -0.4 is 0 Å². The van der Waals surface area contributed by atoms with Gasteiger partial charge in [-0.05, 0) is 25.9 Å². The van der Waals surface area contributed by atoms with E-state index < -0.39 is 6.69 Å². The van der Waals surface area contributed by atoms with Gasteiger partial charge in [0, 0.05) is 0 Å². The van der Waals surface area contributed by atoms with Gasteiger partial charge in [-0.1, -0.05) is 132 Å². The van der Waals surface area contributed by atoms with Gasteiger partial charge in [0.2, 0.25) is 6.69 Å². The van der Waals surface area contributed by atoms with Crippen molar-refractivity contribution in [3.05, 3.63) is 145 Å². The van der Waals surface area contributed by atoms with E-state index in [1.807, 2.05) is 13.1 Å². The number of hydrogen-bond donors (Lipinski definition) is 0. The molecule has 0 N–H and O–H groups in total. The van der Waals surface area contributed by atoms with Crippen molar-refractivity contribution in [2.45, 2.75) is 25.9 Å². The summed E-state index contributed by atoms with van der Waals surface area (Å²) in [6.45, 7) is 2.05. The smallest absolute Gasteiger partial charge is 0.146 e. The first kappa shape index (κ1) is 30.7. The minimum Gasteiger partial charge on any atom is -0.146 e. The Kier molecular flexibility index (Phi) is 9.69. The Morgan fingerprint density at radius 1 is 0.548 bits per heavy atom. The van der Waals surface area contributed by atoms with E-state index in [9.17, 15) is 0 Å². The van der Waals surface area contributed by atoms with Crippen LogP contribution in [-0.2, 0) is 25.8 Å². The SMILES string of the molecule is C1=CCC(c2cccc3c2[cH-]c2ccccc23)=C1.C1=CCC(c2cccc3c2[cH-]c2ccccc23)=C1.C[Si](C)(Cl)Cl.[Hf+4]. The first-order valence-corrected chi connectivity index (χ1v) is 19.1. The largest absolute Gasteiger partial charge is 4.00 e. The van der Waals surface area contributed by atoms with Crippen molar-refractivity contribution in [2.75, 3.05) is 0 Å². The summed E-state index contributed by atoms with van der Waals surface area (Å²) in [6.07, 6.45) is 15.3. The monoisotopic (exact) mass is 766 g/mol. The zero-order chi connectivity index (χ0) is 28.4. The standard InChI is InChI=1S/2C18H13.C2H6Cl2Si.Hf/c2*1-2-7-13(6-1)15-10-5-11-17-16-9-4-3-8-14(16)12-18(15)17;1-5(2,3)4;/h2*1-6,8-12H,7H2;1-2H3;/q2*-1;;+4. The fraction of sp³-hybridized carbons (Fsp3) is 0.105. The van der Waals surface area contributed by atoms with Crippen molar-refractivity contribution in [1.29, 1.82) is 0 Å². The van der Waals surface area contributed by atoms with Crippen molar-refractivity contribution >= 4 is 83.1 Å². The second-order valence-electron chi connectivity index (χ2n) is 11.0. The minimum atomic E-state index is -1.67. The van der Waals surface area contributed by atoms with E-state index in [0.29, 0.717) is 0 Å². The fourth-order valence-electron chi connectivity index (χ4n) is 5.81. The van der Waals surface area contributed by atoms with Crippen LogP contribution in [0.25, 0.3) is 54.2 Å². The van der Waals surface area contributed by atoms with Gasteiger partial charge < -0.3 is 0 Å². The summed E-state index contributed by atoms with van der Waals surface area (Å²) in [7, 11) is 0. The van der Waals surface area contributed by atoms with Gasteiger partial charge in [0.05, 0.1) is 0 Å². The summed E-state index contributed by atoms with van der Waals surface area (Å²) in [5.74, 6) is 0. The molecule has 42 heavy (non-hydrogen) atoms. The Bertz CT molecular complexity index is 1850. The van der Waals surface area contributed by atoms with Crippen molar-refractivity contribution in [2.24, 2.45) is 0 Å². The van der Waals surface area contributed by atoms with Crippen LogP contribution in [0.3, 0.4) is 0 Å². The molecule has 2 aliphatic carbocycles. The maximum atomic E-state index is 5.43. The summed E-state index contributed by atoms with van der Waals surface area (Å²) in [5.41, 5.74) is 5.62. The Morgan fingerprint density at radius 3 is 1.31 bits per heavy atom. The van der Waals surface area contributed by atoms with E-state index in [0.717, 1.165) is 12.8 Å². The predicted octanol–water partition coefficient (Wildman–Crippen LogP) is 12.3. The van der Waals surface area contributed by atoms with E-state index >= 15 is 0 Å². The minimum absolute atomic E-state index is 0. The van der Waals surface area contributed by atoms with Crippen molar-refractivity contribution in [3.8, 4) is 0 Å². The van der Waals surface area contributed by atoms with Gasteiger partial charge in [-0.3, -0.25) is 0 Å². The molecule has 0 saturated carbocycles. The van der Waals surface area contributed by atoms with E-state index in [1.165, 1.54) is 65.4 Å². The third-order valence-corrected chi connectivity index (χ3v) is 7.55. The number of fused-ring (bicyclic) bond motifs is 6. The fourth-order valence-corrected chi connectivity index (χ4v) is 5.81. The number of allylic oxidation sites excluding steroid dienone is 8. The number of rotatable bonds is 2. The molecule has 0 atom stereocenters. The Labute approximate surface area is 277 Å². The molecule has 0 amide bonds. The Hall–Kier alpha value is -2.75. The van der Waals surface area contributed by atoms with Crippen molar-refractivity contribution in [1.82, 2.24) is 0 Å². The van der Waals surface area contributed by atoms with Gasteiger partial charge in [0.25, 0.3) is 0 Å². The molecule has 4 heteroatoms. The molecule has 6 aromatic carbocycles. The van der Waals surface area contributed by atoms with Crippen LogP contribution in [0.2, 0.25) is 13.1 Å². The molecular formula is C38H32Cl2HfSi+2. The van der Waals surface area contributed by atoms with Gasteiger partial charge in [-0.2, -0.15) is 0 Å². The maximum absolute atomic E-state index is 5.43. The summed E-state index contributed by atoms with van der Waals surface area (Å²) >= 11 is 10.9. The van der Waals surface area contributed by atoms with Crippen LogP contribution in [0.15, 0.2) is 134 Å². The van der Waals surface area contributed by atoms with Crippen molar-refractivity contribution < 1.29 is 25.8 Å². The van der Waals surface area contributed by atoms with Crippen LogP contribution >= 0.6 is 22.2 Å². The Balaban J connectivity index is 0.000000142. The molecule has 0 aromatic heterocycles. The second kappa shape index (κ2) is 13.3. The van der Waals surface area contributed by atoms with Gasteiger partial charge >= 0.3 is 25.8 Å². The number of hydrogen-bond acceptors (Lipinski definition) is 0. The third kappa shape index (κ3) is 6.73. The van der Waals surface area contributed by atoms with Crippen LogP contribution in [0.5, 0.6) is 0 Å². The van der Waals surface area contributed by atoms with E-state index in [4.69, 9.17) is 22.2 Å². The molecule has 0 heterocycles. The van der Waals surface area contributed by atoms with E-state index in [1.54, 1.807) is 0 Å². The molecule has 0 bridgehead atoms. The summed E-state index contributed by atoms with van der Waals surface area (Å²) < 4.78 is 0. The molecule has 2 aliphatic rings. The molecule has 0 saturated heterocycles. The molecular weight excluding hydrogens is 734 g/mol. The molecule has 8 rings (SSSR count). The zero-order valence-electron chi connectivity index (χ0n) is 23.9. The zero-order valence-corrected chi connectivity index (χ0v) is 30.0. The van der Waals surface area contributed by atoms with Crippen LogP contribution in [0.1, 0.15) is 24.0 Å². The van der Waals surface area contributed by atoms with Gasteiger partial charge in [0.1, 0.15) is 0 Å². The molecule has 0 spiro atoms. The summed E-state index contributed by atoms with van der Waals surface area (Å²) in [4.78, 5) is 0. The Morgan fingerprint density at radius 2 is 0.929 bits per heavy atom. The second-order valence-corrected chi connectivity index (χ2v) is 19.9. The molecule has 0 radical (unpaired) electrons.